The van der Waals surface area contributed by atoms with E-state index in [0.717, 1.165) is 86.6 Å². The van der Waals surface area contributed by atoms with Crippen LogP contribution in [0.15, 0.2) is 91.1 Å². The molecule has 0 atom stereocenters. The Labute approximate surface area is 356 Å². The Hall–Kier alpha value is -5.03. The van der Waals surface area contributed by atoms with Gasteiger partial charge >= 0.3 is 0 Å². The third-order valence-electron chi connectivity index (χ3n) is 10.4. The molecule has 1 fully saturated rings. The van der Waals surface area contributed by atoms with Crippen molar-refractivity contribution in [2.24, 2.45) is 0 Å². The Bertz CT molecular complexity index is 1990. The molecule has 58 heavy (non-hydrogen) atoms. The van der Waals surface area contributed by atoms with E-state index in [1.165, 1.54) is 16.8 Å². The summed E-state index contributed by atoms with van der Waals surface area (Å²) in [5.41, 5.74) is 7.47. The number of unbranched alkanes of at least 4 members (excludes halogenated alkanes) is 1. The number of halogens is 2. The predicted octanol–water partition coefficient (Wildman–Crippen LogP) is 10.2. The van der Waals surface area contributed by atoms with Gasteiger partial charge in [-0.3, -0.25) is 9.88 Å². The van der Waals surface area contributed by atoms with Crippen LogP contribution >= 0.6 is 24.8 Å². The zero-order chi connectivity index (χ0) is 39.4. The SMILES string of the molecule is CCCCOc1ccc(N(Cc2cccc(-c3cc(OC)c(OC)c(OC)c3)c2)C2CCN(Cc3ccnc(-c4cc(OC)c(OC)c(OC)c4)c3)CC2)cc1.Cl.Cl. The van der Waals surface area contributed by atoms with Crippen molar-refractivity contribution in [3.63, 3.8) is 0 Å². The third-order valence-corrected chi connectivity index (χ3v) is 10.4. The first kappa shape index (κ1) is 45.7. The second kappa shape index (κ2) is 22.2. The number of anilines is 1. The van der Waals surface area contributed by atoms with Gasteiger partial charge in [0.1, 0.15) is 5.75 Å². The van der Waals surface area contributed by atoms with Gasteiger partial charge in [-0.25, -0.2) is 0 Å². The van der Waals surface area contributed by atoms with Gasteiger partial charge in [-0.1, -0.05) is 31.5 Å². The van der Waals surface area contributed by atoms with Crippen LogP contribution in [0.5, 0.6) is 40.2 Å². The minimum atomic E-state index is 0. The topological polar surface area (TPSA) is 84.0 Å². The molecule has 10 nitrogen and oxygen atoms in total. The van der Waals surface area contributed by atoms with Gasteiger partial charge in [-0.2, -0.15) is 0 Å². The maximum Gasteiger partial charge on any atom is 0.203 e. The summed E-state index contributed by atoms with van der Waals surface area (Å²) in [6.07, 6.45) is 6.10. The molecular weight excluding hydrogens is 777 g/mol. The molecule has 0 saturated carbocycles. The molecule has 5 aromatic rings. The molecule has 1 aromatic heterocycles. The molecule has 1 saturated heterocycles. The number of methoxy groups -OCH3 is 6. The normalized spacial score (nSPS) is 12.7. The lowest BCUT2D eigenvalue weighted by atomic mass is 9.98. The quantitative estimate of drug-likeness (QED) is 0.0796. The highest BCUT2D eigenvalue weighted by Gasteiger charge is 2.26. The van der Waals surface area contributed by atoms with Crippen LogP contribution in [-0.2, 0) is 13.1 Å². The van der Waals surface area contributed by atoms with E-state index in [2.05, 4.69) is 77.4 Å². The highest BCUT2D eigenvalue weighted by atomic mass is 35.5. The monoisotopic (exact) mass is 833 g/mol. The van der Waals surface area contributed by atoms with Crippen LogP contribution in [0.3, 0.4) is 0 Å². The van der Waals surface area contributed by atoms with Gasteiger partial charge < -0.3 is 38.1 Å². The second-order valence-corrected chi connectivity index (χ2v) is 13.9. The van der Waals surface area contributed by atoms with E-state index in [1.807, 2.05) is 30.5 Å². The number of rotatable bonds is 18. The van der Waals surface area contributed by atoms with Gasteiger partial charge in [-0.15, -0.1) is 24.8 Å². The summed E-state index contributed by atoms with van der Waals surface area (Å²) in [6.45, 7) is 6.47. The summed E-state index contributed by atoms with van der Waals surface area (Å²) < 4.78 is 39.7. The van der Waals surface area contributed by atoms with Crippen LogP contribution in [0.2, 0.25) is 0 Å². The number of ether oxygens (including phenoxy) is 7. The summed E-state index contributed by atoms with van der Waals surface area (Å²) in [5.74, 6) is 4.52. The molecule has 6 rings (SSSR count). The molecule has 1 aliphatic rings. The minimum Gasteiger partial charge on any atom is -0.494 e. The van der Waals surface area contributed by atoms with Crippen molar-refractivity contribution in [1.82, 2.24) is 9.88 Å². The molecule has 1 aliphatic heterocycles. The van der Waals surface area contributed by atoms with Crippen LogP contribution in [0.4, 0.5) is 5.69 Å². The number of hydrogen-bond donors (Lipinski definition) is 0. The molecule has 0 amide bonds. The van der Waals surface area contributed by atoms with Crippen LogP contribution < -0.4 is 38.1 Å². The van der Waals surface area contributed by atoms with Crippen molar-refractivity contribution in [2.45, 2.75) is 51.7 Å². The predicted molar refractivity (Wildman–Crippen MR) is 237 cm³/mol. The Morgan fingerprint density at radius 3 is 1.78 bits per heavy atom. The van der Waals surface area contributed by atoms with Crippen LogP contribution in [0.25, 0.3) is 22.4 Å². The van der Waals surface area contributed by atoms with Gasteiger partial charge in [0, 0.05) is 49.7 Å². The first-order valence-corrected chi connectivity index (χ1v) is 19.3. The summed E-state index contributed by atoms with van der Waals surface area (Å²) in [7, 11) is 9.78. The number of piperidine rings is 1. The zero-order valence-corrected chi connectivity index (χ0v) is 36.3. The molecule has 0 aliphatic carbocycles. The van der Waals surface area contributed by atoms with Gasteiger partial charge in [0.05, 0.1) is 55.0 Å². The highest BCUT2D eigenvalue weighted by Crippen LogP contribution is 2.42. The molecule has 2 heterocycles. The molecule has 12 heteroatoms. The lowest BCUT2D eigenvalue weighted by Crippen LogP contribution is -2.44. The van der Waals surface area contributed by atoms with E-state index in [-0.39, 0.29) is 24.8 Å². The summed E-state index contributed by atoms with van der Waals surface area (Å²) in [4.78, 5) is 9.80. The number of pyridine rings is 1. The standard InChI is InChI=1S/C46H55N3O7.2ClH/c1-8-9-23-56-39-15-13-37(14-16-39)49(31-32-11-10-12-34(24-32)35-26-41(50-2)45(54-6)42(27-35)51-3)38-18-21-48(22-19-38)30-33-17-20-47-40(25-33)36-28-43(52-4)46(55-7)44(29-36)53-5;;/h10-17,20,24-29,38H,8-9,18-19,21-23,30-31H2,1-7H3;2*1H. The van der Waals surface area contributed by atoms with Gasteiger partial charge in [0.2, 0.25) is 11.5 Å². The minimum absolute atomic E-state index is 0. The van der Waals surface area contributed by atoms with E-state index >= 15 is 0 Å². The van der Waals surface area contributed by atoms with Crippen molar-refractivity contribution >= 4 is 30.5 Å². The first-order valence-electron chi connectivity index (χ1n) is 19.3. The fraction of sp³-hybridized carbons (Fsp3) is 0.370. The molecule has 0 unspecified atom stereocenters. The van der Waals surface area contributed by atoms with E-state index in [9.17, 15) is 0 Å². The van der Waals surface area contributed by atoms with Gasteiger partial charge in [0.15, 0.2) is 23.0 Å². The third kappa shape index (κ3) is 10.9. The lowest BCUT2D eigenvalue weighted by molar-refractivity contribution is 0.201. The average molecular weight is 835 g/mol. The molecule has 0 N–H and O–H groups in total. The molecule has 312 valence electrons. The molecule has 0 spiro atoms. The largest absolute Gasteiger partial charge is 0.494 e. The summed E-state index contributed by atoms with van der Waals surface area (Å²) in [6, 6.07) is 29.9. The summed E-state index contributed by atoms with van der Waals surface area (Å²) in [5, 5.41) is 0. The molecule has 0 bridgehead atoms. The highest BCUT2D eigenvalue weighted by molar-refractivity contribution is 5.85. The maximum atomic E-state index is 6.03. The molecule has 0 radical (unpaired) electrons. The second-order valence-electron chi connectivity index (χ2n) is 13.9. The van der Waals surface area contributed by atoms with E-state index in [4.69, 9.17) is 38.1 Å². The number of likely N-dealkylation sites (tertiary alicyclic amines) is 1. The Kier molecular flexibility index (Phi) is 17.5. The van der Waals surface area contributed by atoms with E-state index in [1.54, 1.807) is 42.7 Å². The fourth-order valence-electron chi connectivity index (χ4n) is 7.40. The van der Waals surface area contributed by atoms with Crippen molar-refractivity contribution in [2.75, 3.05) is 67.3 Å². The molecule has 4 aromatic carbocycles. The Balaban J connectivity index is 0.00000372. The maximum absolute atomic E-state index is 6.03. The summed E-state index contributed by atoms with van der Waals surface area (Å²) >= 11 is 0. The van der Waals surface area contributed by atoms with Crippen molar-refractivity contribution in [1.29, 1.82) is 0 Å². The van der Waals surface area contributed by atoms with E-state index in [0.29, 0.717) is 40.5 Å². The van der Waals surface area contributed by atoms with Crippen molar-refractivity contribution < 1.29 is 33.2 Å². The lowest BCUT2D eigenvalue weighted by Gasteiger charge is -2.40. The number of hydrogen-bond acceptors (Lipinski definition) is 10. The number of benzene rings is 4. The van der Waals surface area contributed by atoms with E-state index < -0.39 is 0 Å². The smallest absolute Gasteiger partial charge is 0.203 e. The number of aromatic nitrogens is 1. The Morgan fingerprint density at radius 2 is 1.22 bits per heavy atom. The zero-order valence-electron chi connectivity index (χ0n) is 34.6. The van der Waals surface area contributed by atoms with Gasteiger partial charge in [0.25, 0.3) is 0 Å². The Morgan fingerprint density at radius 1 is 0.638 bits per heavy atom. The van der Waals surface area contributed by atoms with Crippen LogP contribution in [0, 0.1) is 0 Å². The van der Waals surface area contributed by atoms with Crippen LogP contribution in [0.1, 0.15) is 43.7 Å². The molecular formula is C46H57Cl2N3O7. The van der Waals surface area contributed by atoms with Crippen LogP contribution in [-0.4, -0.2) is 78.3 Å². The first-order chi connectivity index (χ1) is 27.4. The van der Waals surface area contributed by atoms with Crippen molar-refractivity contribution in [3.05, 3.63) is 102 Å². The average Bonchev–Trinajstić information content (AvgIpc) is 3.25. The van der Waals surface area contributed by atoms with Gasteiger partial charge in [-0.05, 0) is 108 Å². The fourth-order valence-corrected chi connectivity index (χ4v) is 7.40. The number of nitrogens with zero attached hydrogens (tertiary/aromatic N) is 3. The van der Waals surface area contributed by atoms with Crippen molar-refractivity contribution in [3.8, 4) is 62.6 Å².